The highest BCUT2D eigenvalue weighted by molar-refractivity contribution is 7.09. The Bertz CT molecular complexity index is 1050. The Morgan fingerprint density at radius 3 is 2.78 bits per heavy atom. The number of nitrogens with one attached hydrogen (secondary N) is 1. The Hall–Kier alpha value is -3.11. The van der Waals surface area contributed by atoms with Gasteiger partial charge in [-0.2, -0.15) is 4.37 Å². The molecule has 9 nitrogen and oxygen atoms in total. The third-order valence-corrected chi connectivity index (χ3v) is 4.34. The fourth-order valence-electron chi connectivity index (χ4n) is 2.18. The number of aromatic nitrogens is 2. The Morgan fingerprint density at radius 2 is 2.11 bits per heavy atom. The van der Waals surface area contributed by atoms with E-state index in [1.165, 1.54) is 37.3 Å². The number of halogens is 1. The molecular weight excluding hydrogens is 396 g/mol. The number of rotatable bonds is 6. The van der Waals surface area contributed by atoms with Crippen molar-refractivity contribution in [1.82, 2.24) is 9.36 Å². The van der Waals surface area contributed by atoms with Crippen LogP contribution in [0.4, 0.5) is 10.8 Å². The molecule has 0 saturated carbocycles. The summed E-state index contributed by atoms with van der Waals surface area (Å²) < 4.78 is 9.47. The highest BCUT2D eigenvalue weighted by atomic mass is 35.5. The number of amides is 1. The van der Waals surface area contributed by atoms with Gasteiger partial charge < -0.3 is 4.42 Å². The smallest absolute Gasteiger partial charge is 0.293 e. The van der Waals surface area contributed by atoms with Gasteiger partial charge >= 0.3 is 0 Å². The minimum Gasteiger partial charge on any atom is -0.451 e. The number of anilines is 1. The Balaban J connectivity index is 1.75. The van der Waals surface area contributed by atoms with Gasteiger partial charge in [0.05, 0.1) is 16.4 Å². The number of Topliss-reactive ketones (excluding diaryl/α,β-unsaturated/α-hetero) is 1. The number of nitro groups is 1. The van der Waals surface area contributed by atoms with Crippen LogP contribution in [-0.4, -0.2) is 26.0 Å². The molecule has 0 saturated heterocycles. The summed E-state index contributed by atoms with van der Waals surface area (Å²) >= 11 is 7.01. The van der Waals surface area contributed by atoms with Crippen molar-refractivity contribution in [2.24, 2.45) is 0 Å². The first-order valence-corrected chi connectivity index (χ1v) is 8.66. The van der Waals surface area contributed by atoms with Gasteiger partial charge in [-0.15, -0.1) is 0 Å². The van der Waals surface area contributed by atoms with E-state index in [1.54, 1.807) is 0 Å². The molecule has 0 aliphatic heterocycles. The summed E-state index contributed by atoms with van der Waals surface area (Å²) in [6.07, 6.45) is 0.0932. The van der Waals surface area contributed by atoms with Crippen LogP contribution in [-0.2, 0) is 11.2 Å². The second-order valence-corrected chi connectivity index (χ2v) is 6.59. The zero-order valence-electron chi connectivity index (χ0n) is 13.8. The molecular formula is C16H11ClN4O5S. The number of furan rings is 1. The van der Waals surface area contributed by atoms with E-state index in [0.29, 0.717) is 11.4 Å². The third-order valence-electron chi connectivity index (χ3n) is 3.35. The Labute approximate surface area is 161 Å². The lowest BCUT2D eigenvalue weighted by Gasteiger charge is -2.01. The SMILES string of the molecule is CC(=O)Cc1nsc(NC(=O)c2ccc(-c3ccc([N+](=O)[O-])cc3Cl)o2)n1. The van der Waals surface area contributed by atoms with Crippen LogP contribution in [0, 0.1) is 10.1 Å². The Morgan fingerprint density at radius 1 is 1.33 bits per heavy atom. The first-order chi connectivity index (χ1) is 12.8. The second kappa shape index (κ2) is 7.64. The Kier molecular flexibility index (Phi) is 5.28. The fourth-order valence-corrected chi connectivity index (χ4v) is 3.03. The molecule has 0 radical (unpaired) electrons. The molecule has 0 aliphatic rings. The standard InChI is InChI=1S/C16H11ClN4O5S/c1-8(22)6-14-18-16(27-20-14)19-15(23)13-5-4-12(26-13)10-3-2-9(21(24)25)7-11(10)17/h2-5,7H,6H2,1H3,(H,18,19,20,23). The molecule has 138 valence electrons. The molecule has 2 heterocycles. The quantitative estimate of drug-likeness (QED) is 0.487. The van der Waals surface area contributed by atoms with E-state index in [2.05, 4.69) is 14.7 Å². The van der Waals surface area contributed by atoms with Gasteiger partial charge in [0.25, 0.3) is 11.6 Å². The third kappa shape index (κ3) is 4.36. The van der Waals surface area contributed by atoms with Crippen LogP contribution in [0.5, 0.6) is 0 Å². The van der Waals surface area contributed by atoms with Gasteiger partial charge in [0.15, 0.2) is 11.6 Å². The summed E-state index contributed by atoms with van der Waals surface area (Å²) in [5.74, 6) is -0.0101. The van der Waals surface area contributed by atoms with Crippen molar-refractivity contribution < 1.29 is 18.9 Å². The predicted molar refractivity (Wildman–Crippen MR) is 98.1 cm³/mol. The molecule has 11 heteroatoms. The molecule has 1 aromatic carbocycles. The zero-order valence-corrected chi connectivity index (χ0v) is 15.3. The zero-order chi connectivity index (χ0) is 19.6. The lowest BCUT2D eigenvalue weighted by Crippen LogP contribution is -2.10. The van der Waals surface area contributed by atoms with E-state index in [4.69, 9.17) is 16.0 Å². The summed E-state index contributed by atoms with van der Waals surface area (Å²) in [6, 6.07) is 6.92. The highest BCUT2D eigenvalue weighted by Gasteiger charge is 2.17. The molecule has 0 aliphatic carbocycles. The van der Waals surface area contributed by atoms with Crippen molar-refractivity contribution in [2.75, 3.05) is 5.32 Å². The molecule has 0 fully saturated rings. The summed E-state index contributed by atoms with van der Waals surface area (Å²) in [5, 5.41) is 13.7. The molecule has 2 aromatic heterocycles. The van der Waals surface area contributed by atoms with E-state index in [9.17, 15) is 19.7 Å². The number of non-ortho nitro benzene ring substituents is 1. The van der Waals surface area contributed by atoms with Gasteiger partial charge in [0, 0.05) is 29.2 Å². The number of benzene rings is 1. The molecule has 1 N–H and O–H groups in total. The van der Waals surface area contributed by atoms with E-state index >= 15 is 0 Å². The van der Waals surface area contributed by atoms with Crippen LogP contribution in [0.2, 0.25) is 5.02 Å². The highest BCUT2D eigenvalue weighted by Crippen LogP contribution is 2.32. The van der Waals surface area contributed by atoms with Crippen LogP contribution < -0.4 is 5.32 Å². The van der Waals surface area contributed by atoms with Crippen molar-refractivity contribution in [3.05, 3.63) is 57.1 Å². The number of ketones is 1. The number of nitrogens with zero attached hydrogens (tertiary/aromatic N) is 3. The van der Waals surface area contributed by atoms with E-state index in [-0.39, 0.29) is 39.6 Å². The monoisotopic (exact) mass is 406 g/mol. The normalized spacial score (nSPS) is 10.6. The lowest BCUT2D eigenvalue weighted by molar-refractivity contribution is -0.384. The van der Waals surface area contributed by atoms with Crippen LogP contribution in [0.1, 0.15) is 23.3 Å². The maximum absolute atomic E-state index is 12.3. The van der Waals surface area contributed by atoms with Crippen molar-refractivity contribution in [3.8, 4) is 11.3 Å². The number of hydrogen-bond acceptors (Lipinski definition) is 8. The van der Waals surface area contributed by atoms with Gasteiger partial charge in [-0.05, 0) is 25.1 Å². The molecule has 0 atom stereocenters. The van der Waals surface area contributed by atoms with Gasteiger partial charge in [-0.3, -0.25) is 25.0 Å². The largest absolute Gasteiger partial charge is 0.451 e. The lowest BCUT2D eigenvalue weighted by atomic mass is 10.1. The number of hydrogen-bond donors (Lipinski definition) is 1. The molecule has 0 bridgehead atoms. The summed E-state index contributed by atoms with van der Waals surface area (Å²) in [7, 11) is 0. The number of carbonyl (C=O) groups is 2. The maximum Gasteiger partial charge on any atom is 0.293 e. The average molecular weight is 407 g/mol. The van der Waals surface area contributed by atoms with Gasteiger partial charge in [0.1, 0.15) is 11.5 Å². The van der Waals surface area contributed by atoms with Crippen molar-refractivity contribution >= 4 is 45.6 Å². The van der Waals surface area contributed by atoms with Crippen molar-refractivity contribution in [2.45, 2.75) is 13.3 Å². The molecule has 0 unspecified atom stereocenters. The molecule has 27 heavy (non-hydrogen) atoms. The molecule has 0 spiro atoms. The predicted octanol–water partition coefficient (Wildman–Crippen LogP) is 3.74. The van der Waals surface area contributed by atoms with Gasteiger partial charge in [-0.1, -0.05) is 11.6 Å². The molecule has 1 amide bonds. The summed E-state index contributed by atoms with van der Waals surface area (Å²) in [5.41, 5.74) is 0.270. The number of carbonyl (C=O) groups excluding carboxylic acids is 2. The fraction of sp³-hybridized carbons (Fsp3) is 0.125. The second-order valence-electron chi connectivity index (χ2n) is 5.43. The number of nitro benzene ring substituents is 1. The minimum absolute atomic E-state index is 0.00253. The van der Waals surface area contributed by atoms with Crippen molar-refractivity contribution in [3.63, 3.8) is 0 Å². The minimum atomic E-state index is -0.556. The van der Waals surface area contributed by atoms with E-state index in [0.717, 1.165) is 11.5 Å². The van der Waals surface area contributed by atoms with Crippen LogP contribution in [0.25, 0.3) is 11.3 Å². The first-order valence-electron chi connectivity index (χ1n) is 7.51. The van der Waals surface area contributed by atoms with Crippen LogP contribution in [0.15, 0.2) is 34.7 Å². The maximum atomic E-state index is 12.3. The topological polar surface area (TPSA) is 128 Å². The van der Waals surface area contributed by atoms with Crippen molar-refractivity contribution in [1.29, 1.82) is 0 Å². The van der Waals surface area contributed by atoms with E-state index < -0.39 is 10.8 Å². The van der Waals surface area contributed by atoms with E-state index in [1.807, 2.05) is 0 Å². The van der Waals surface area contributed by atoms with Crippen LogP contribution >= 0.6 is 23.1 Å². The van der Waals surface area contributed by atoms with Crippen LogP contribution in [0.3, 0.4) is 0 Å². The molecule has 3 rings (SSSR count). The summed E-state index contributed by atoms with van der Waals surface area (Å²) in [4.78, 5) is 37.6. The molecule has 3 aromatic rings. The van der Waals surface area contributed by atoms with Gasteiger partial charge in [-0.25, -0.2) is 4.98 Å². The van der Waals surface area contributed by atoms with Gasteiger partial charge in [0.2, 0.25) is 5.13 Å². The first kappa shape index (κ1) is 18.7. The summed E-state index contributed by atoms with van der Waals surface area (Å²) in [6.45, 7) is 1.42. The average Bonchev–Trinajstić information content (AvgIpc) is 3.24.